The molecule has 2 aliphatic heterocycles. The summed E-state index contributed by atoms with van der Waals surface area (Å²) in [5.41, 5.74) is 2.74. The fraction of sp³-hybridized carbons (Fsp3) is 0.591. The van der Waals surface area contributed by atoms with E-state index in [9.17, 15) is 9.90 Å². The summed E-state index contributed by atoms with van der Waals surface area (Å²) in [4.78, 5) is 11.9. The maximum absolute atomic E-state index is 11.9. The van der Waals surface area contributed by atoms with Gasteiger partial charge in [0, 0.05) is 6.42 Å². The van der Waals surface area contributed by atoms with E-state index in [2.05, 4.69) is 39.8 Å². The molecule has 0 aliphatic carbocycles. The molecule has 0 aromatic heterocycles. The molecule has 2 heterocycles. The topological polar surface area (TPSA) is 65.0 Å². The van der Waals surface area contributed by atoms with E-state index in [4.69, 9.17) is 14.2 Å². The molecular formula is C22H32O5. The Morgan fingerprint density at radius 2 is 2.22 bits per heavy atom. The van der Waals surface area contributed by atoms with Crippen LogP contribution in [0.2, 0.25) is 0 Å². The van der Waals surface area contributed by atoms with Crippen LogP contribution in [0.1, 0.15) is 47.0 Å². The largest absolute Gasteiger partial charge is 0.500 e. The third kappa shape index (κ3) is 5.56. The molecule has 0 fully saturated rings. The molecule has 0 aromatic carbocycles. The number of ether oxygens (including phenoxy) is 3. The Bertz CT molecular complexity index is 656. The van der Waals surface area contributed by atoms with Crippen LogP contribution in [0.25, 0.3) is 0 Å². The van der Waals surface area contributed by atoms with E-state index in [-0.39, 0.29) is 36.4 Å². The molecule has 4 atom stereocenters. The minimum absolute atomic E-state index is 0.122. The monoisotopic (exact) mass is 376 g/mol. The predicted octanol–water partition coefficient (Wildman–Crippen LogP) is 3.85. The maximum atomic E-state index is 11.9. The molecule has 5 nitrogen and oxygen atoms in total. The normalized spacial score (nSPS) is 28.2. The summed E-state index contributed by atoms with van der Waals surface area (Å²) >= 11 is 0. The van der Waals surface area contributed by atoms with Gasteiger partial charge in [-0.3, -0.25) is 0 Å². The Morgan fingerprint density at radius 3 is 2.85 bits per heavy atom. The highest BCUT2D eigenvalue weighted by Gasteiger charge is 2.28. The Kier molecular flexibility index (Phi) is 7.87. The molecule has 0 aromatic rings. The fourth-order valence-corrected chi connectivity index (χ4v) is 3.51. The van der Waals surface area contributed by atoms with Crippen molar-refractivity contribution in [1.29, 1.82) is 0 Å². The highest BCUT2D eigenvalue weighted by molar-refractivity contribution is 5.90. The van der Waals surface area contributed by atoms with Gasteiger partial charge in [0.2, 0.25) is 0 Å². The van der Waals surface area contributed by atoms with Crippen molar-refractivity contribution < 1.29 is 24.1 Å². The van der Waals surface area contributed by atoms with E-state index in [0.29, 0.717) is 12.2 Å². The van der Waals surface area contributed by atoms with Crippen molar-refractivity contribution in [3.05, 3.63) is 46.8 Å². The lowest BCUT2D eigenvalue weighted by Gasteiger charge is -2.30. The van der Waals surface area contributed by atoms with Crippen LogP contribution in [0.15, 0.2) is 46.8 Å². The standard InChI is InChI=1S/C22H32O5/c1-6-19-15(3)8-10-20(27-19)16(4)11-14(2)7-9-17-12-21(25-5)18(13-23)22(24)26-17/h7-9,11,14,17,19-20,23H,6,10,12-13H2,1-5H3/b9-7+,16-11+/t14-,17?,19-,20-/m1/s1. The minimum Gasteiger partial charge on any atom is -0.500 e. The van der Waals surface area contributed by atoms with Gasteiger partial charge in [0.15, 0.2) is 0 Å². The number of allylic oxidation sites excluding steroid dienone is 2. The van der Waals surface area contributed by atoms with Crippen molar-refractivity contribution in [2.24, 2.45) is 5.92 Å². The molecule has 0 saturated heterocycles. The van der Waals surface area contributed by atoms with Crippen LogP contribution in [0.3, 0.4) is 0 Å². The molecule has 5 heteroatoms. The van der Waals surface area contributed by atoms with Crippen LogP contribution >= 0.6 is 0 Å². The molecule has 0 saturated carbocycles. The lowest BCUT2D eigenvalue weighted by Crippen LogP contribution is -2.28. The lowest BCUT2D eigenvalue weighted by molar-refractivity contribution is -0.145. The van der Waals surface area contributed by atoms with Gasteiger partial charge in [-0.2, -0.15) is 0 Å². The first-order valence-corrected chi connectivity index (χ1v) is 9.66. The zero-order valence-corrected chi connectivity index (χ0v) is 17.0. The highest BCUT2D eigenvalue weighted by Crippen LogP contribution is 2.27. The smallest absolute Gasteiger partial charge is 0.340 e. The average Bonchev–Trinajstić information content (AvgIpc) is 2.66. The van der Waals surface area contributed by atoms with E-state index in [1.807, 2.05) is 12.2 Å². The van der Waals surface area contributed by atoms with Crippen LogP contribution < -0.4 is 0 Å². The Morgan fingerprint density at radius 1 is 1.48 bits per heavy atom. The summed E-state index contributed by atoms with van der Waals surface area (Å²) in [6, 6.07) is 0. The number of methoxy groups -OCH3 is 1. The third-order valence-electron chi connectivity index (χ3n) is 5.16. The molecule has 2 rings (SSSR count). The van der Waals surface area contributed by atoms with Crippen molar-refractivity contribution in [3.8, 4) is 0 Å². The molecular weight excluding hydrogens is 344 g/mol. The van der Waals surface area contributed by atoms with Gasteiger partial charge in [-0.25, -0.2) is 4.79 Å². The molecule has 0 spiro atoms. The third-order valence-corrected chi connectivity index (χ3v) is 5.16. The van der Waals surface area contributed by atoms with Crippen LogP contribution in [0.4, 0.5) is 0 Å². The van der Waals surface area contributed by atoms with E-state index in [1.54, 1.807) is 0 Å². The molecule has 150 valence electrons. The van der Waals surface area contributed by atoms with Gasteiger partial charge in [0.05, 0.1) is 25.9 Å². The summed E-state index contributed by atoms with van der Waals surface area (Å²) in [5.74, 6) is 0.165. The van der Waals surface area contributed by atoms with Gasteiger partial charge in [-0.1, -0.05) is 32.1 Å². The lowest BCUT2D eigenvalue weighted by atomic mass is 9.96. The van der Waals surface area contributed by atoms with Gasteiger partial charge in [0.25, 0.3) is 0 Å². The second-order valence-corrected chi connectivity index (χ2v) is 7.27. The van der Waals surface area contributed by atoms with Crippen LogP contribution in [0.5, 0.6) is 0 Å². The quantitative estimate of drug-likeness (QED) is 0.540. The van der Waals surface area contributed by atoms with Crippen molar-refractivity contribution >= 4 is 5.97 Å². The molecule has 2 aliphatic rings. The molecule has 1 unspecified atom stereocenters. The van der Waals surface area contributed by atoms with Crippen molar-refractivity contribution in [3.63, 3.8) is 0 Å². The summed E-state index contributed by atoms with van der Waals surface area (Å²) in [6.07, 6.45) is 10.7. The highest BCUT2D eigenvalue weighted by atomic mass is 16.6. The van der Waals surface area contributed by atoms with Gasteiger partial charge < -0.3 is 19.3 Å². The number of hydrogen-bond donors (Lipinski definition) is 1. The van der Waals surface area contributed by atoms with E-state index in [1.165, 1.54) is 18.3 Å². The number of cyclic esters (lactones) is 1. The first kappa shape index (κ1) is 21.5. The number of rotatable bonds is 7. The number of hydrogen-bond acceptors (Lipinski definition) is 5. The fourth-order valence-electron chi connectivity index (χ4n) is 3.51. The van der Waals surface area contributed by atoms with E-state index >= 15 is 0 Å². The zero-order valence-electron chi connectivity index (χ0n) is 17.0. The van der Waals surface area contributed by atoms with Gasteiger partial charge in [-0.15, -0.1) is 0 Å². The first-order chi connectivity index (χ1) is 12.9. The number of aliphatic hydroxyl groups excluding tert-OH is 1. The molecule has 27 heavy (non-hydrogen) atoms. The first-order valence-electron chi connectivity index (χ1n) is 9.66. The molecule has 1 N–H and O–H groups in total. The Balaban J connectivity index is 1.98. The van der Waals surface area contributed by atoms with E-state index in [0.717, 1.165) is 12.8 Å². The average molecular weight is 376 g/mol. The second-order valence-electron chi connectivity index (χ2n) is 7.27. The maximum Gasteiger partial charge on any atom is 0.340 e. The Hall–Kier alpha value is -1.85. The zero-order chi connectivity index (χ0) is 20.0. The number of carbonyl (C=O) groups is 1. The van der Waals surface area contributed by atoms with Crippen LogP contribution in [-0.2, 0) is 19.0 Å². The number of esters is 1. The predicted molar refractivity (Wildman–Crippen MR) is 105 cm³/mol. The SMILES string of the molecule is CC[C@H]1O[C@@H](/C(C)=C/[C@H](C)/C=C/C2CC(OC)=C(CO)C(=O)O2)CC=C1C. The van der Waals surface area contributed by atoms with Crippen LogP contribution in [0, 0.1) is 5.92 Å². The summed E-state index contributed by atoms with van der Waals surface area (Å²) < 4.78 is 16.8. The number of aliphatic hydroxyl groups is 1. The van der Waals surface area contributed by atoms with E-state index < -0.39 is 5.97 Å². The molecule has 0 radical (unpaired) electrons. The summed E-state index contributed by atoms with van der Waals surface area (Å²) in [5, 5.41) is 9.26. The van der Waals surface area contributed by atoms with Gasteiger partial charge in [0.1, 0.15) is 17.4 Å². The van der Waals surface area contributed by atoms with Crippen molar-refractivity contribution in [1.82, 2.24) is 0 Å². The summed E-state index contributed by atoms with van der Waals surface area (Å²) in [7, 11) is 1.50. The van der Waals surface area contributed by atoms with Crippen molar-refractivity contribution in [2.45, 2.75) is 65.3 Å². The minimum atomic E-state index is -0.516. The summed E-state index contributed by atoms with van der Waals surface area (Å²) in [6.45, 7) is 8.11. The van der Waals surface area contributed by atoms with Gasteiger partial charge >= 0.3 is 5.97 Å². The number of carbonyl (C=O) groups excluding carboxylic acids is 1. The van der Waals surface area contributed by atoms with Crippen molar-refractivity contribution in [2.75, 3.05) is 13.7 Å². The second kappa shape index (κ2) is 9.90. The molecule has 0 bridgehead atoms. The molecule has 0 amide bonds. The van der Waals surface area contributed by atoms with Crippen LogP contribution in [-0.4, -0.2) is 43.1 Å². The van der Waals surface area contributed by atoms with Gasteiger partial charge in [-0.05, 0) is 49.8 Å². The Labute approximate surface area is 162 Å².